The molecule has 0 fully saturated rings. The first-order chi connectivity index (χ1) is 14.6. The van der Waals surface area contributed by atoms with Gasteiger partial charge in [-0.2, -0.15) is 5.26 Å². The van der Waals surface area contributed by atoms with Gasteiger partial charge in [-0.3, -0.25) is 4.79 Å². The number of nitrogens with zero attached hydrogens (tertiary/aromatic N) is 1. The van der Waals surface area contributed by atoms with Gasteiger partial charge in [-0.05, 0) is 35.2 Å². The number of ketones is 1. The molecule has 1 heterocycles. The summed E-state index contributed by atoms with van der Waals surface area (Å²) in [6.45, 7) is 0. The molecule has 30 heavy (non-hydrogen) atoms. The number of anilines is 1. The van der Waals surface area contributed by atoms with Crippen molar-refractivity contribution < 1.29 is 14.3 Å². The number of esters is 1. The van der Waals surface area contributed by atoms with Crippen molar-refractivity contribution in [3.63, 3.8) is 0 Å². The van der Waals surface area contributed by atoms with Gasteiger partial charge in [-0.1, -0.05) is 36.4 Å². The van der Waals surface area contributed by atoms with Gasteiger partial charge in [0.2, 0.25) is 5.78 Å². The Kier molecular flexibility index (Phi) is 7.44. The van der Waals surface area contributed by atoms with Gasteiger partial charge >= 0.3 is 5.97 Å². The maximum absolute atomic E-state index is 12.8. The fourth-order valence-electron chi connectivity index (χ4n) is 2.61. The van der Waals surface area contributed by atoms with Gasteiger partial charge in [0, 0.05) is 22.4 Å². The minimum atomic E-state index is -0.477. The van der Waals surface area contributed by atoms with Crippen molar-refractivity contribution in [3.8, 4) is 6.07 Å². The van der Waals surface area contributed by atoms with Crippen molar-refractivity contribution in [1.29, 1.82) is 5.26 Å². The summed E-state index contributed by atoms with van der Waals surface area (Å²) in [4.78, 5) is 26.1. The number of hydrogen-bond acceptors (Lipinski definition) is 7. The highest BCUT2D eigenvalue weighted by molar-refractivity contribution is 7.98. The Labute approximate surface area is 183 Å². The molecule has 150 valence electrons. The van der Waals surface area contributed by atoms with Crippen LogP contribution < -0.4 is 5.32 Å². The third-order valence-corrected chi connectivity index (χ3v) is 6.09. The predicted molar refractivity (Wildman–Crippen MR) is 120 cm³/mol. The Morgan fingerprint density at radius 3 is 2.70 bits per heavy atom. The molecule has 2 aromatic carbocycles. The summed E-state index contributed by atoms with van der Waals surface area (Å²) >= 11 is 2.89. The molecule has 0 aliphatic rings. The van der Waals surface area contributed by atoms with E-state index in [2.05, 4.69) is 5.32 Å². The number of benzene rings is 2. The molecular formula is C23H18N2O3S2. The van der Waals surface area contributed by atoms with E-state index >= 15 is 0 Å². The first-order valence-electron chi connectivity index (χ1n) is 8.96. The highest BCUT2D eigenvalue weighted by atomic mass is 32.2. The topological polar surface area (TPSA) is 79.2 Å². The Bertz CT molecular complexity index is 1110. The van der Waals surface area contributed by atoms with Crippen LogP contribution in [0.3, 0.4) is 0 Å². The Morgan fingerprint density at radius 1 is 1.17 bits per heavy atom. The fraction of sp³-hybridized carbons (Fsp3) is 0.0870. The second-order valence-electron chi connectivity index (χ2n) is 6.10. The van der Waals surface area contributed by atoms with Crippen LogP contribution in [0, 0.1) is 11.3 Å². The SMILES string of the molecule is COC(=O)c1sccc1NC=C(C#N)C(=O)c1cccc(CSc2ccccc2)c1. The molecule has 0 amide bonds. The number of thioether (sulfide) groups is 1. The van der Waals surface area contributed by atoms with Gasteiger partial charge in [0.1, 0.15) is 16.5 Å². The van der Waals surface area contributed by atoms with E-state index in [4.69, 9.17) is 4.74 Å². The summed E-state index contributed by atoms with van der Waals surface area (Å²) in [5.74, 6) is -0.146. The van der Waals surface area contributed by atoms with Crippen LogP contribution in [0.4, 0.5) is 5.69 Å². The summed E-state index contributed by atoms with van der Waals surface area (Å²) in [7, 11) is 1.30. The molecule has 0 aliphatic carbocycles. The minimum absolute atomic E-state index is 0.0510. The summed E-state index contributed by atoms with van der Waals surface area (Å²) in [5.41, 5.74) is 1.87. The lowest BCUT2D eigenvalue weighted by atomic mass is 10.0. The van der Waals surface area contributed by atoms with E-state index in [-0.39, 0.29) is 11.4 Å². The molecule has 1 N–H and O–H groups in total. The lowest BCUT2D eigenvalue weighted by molar-refractivity contribution is 0.0607. The molecule has 7 heteroatoms. The number of allylic oxidation sites excluding steroid dienone is 1. The third kappa shape index (κ3) is 5.38. The van der Waals surface area contributed by atoms with E-state index in [1.54, 1.807) is 35.3 Å². The molecule has 0 unspecified atom stereocenters. The number of ether oxygens (including phenoxy) is 1. The average molecular weight is 435 g/mol. The Balaban J connectivity index is 1.73. The molecule has 0 bridgehead atoms. The molecule has 3 rings (SSSR count). The van der Waals surface area contributed by atoms with Gasteiger partial charge in [0.05, 0.1) is 12.8 Å². The lowest BCUT2D eigenvalue weighted by Crippen LogP contribution is -2.06. The van der Waals surface area contributed by atoms with Crippen LogP contribution in [-0.4, -0.2) is 18.9 Å². The van der Waals surface area contributed by atoms with Crippen LogP contribution in [0.25, 0.3) is 0 Å². The van der Waals surface area contributed by atoms with Crippen molar-refractivity contribution in [2.75, 3.05) is 12.4 Å². The highest BCUT2D eigenvalue weighted by Gasteiger charge is 2.15. The number of thiophene rings is 1. The largest absolute Gasteiger partial charge is 0.465 e. The zero-order valence-electron chi connectivity index (χ0n) is 16.1. The normalized spacial score (nSPS) is 10.9. The van der Waals surface area contributed by atoms with Gasteiger partial charge in [0.15, 0.2) is 0 Å². The van der Waals surface area contributed by atoms with E-state index in [0.29, 0.717) is 21.9 Å². The van der Waals surface area contributed by atoms with Crippen LogP contribution in [0.15, 0.2) is 82.7 Å². The molecule has 0 spiro atoms. The molecule has 1 aromatic heterocycles. The van der Waals surface area contributed by atoms with E-state index in [0.717, 1.165) is 10.5 Å². The van der Waals surface area contributed by atoms with Crippen molar-refractivity contribution in [3.05, 3.63) is 93.8 Å². The second-order valence-corrected chi connectivity index (χ2v) is 8.07. The minimum Gasteiger partial charge on any atom is -0.465 e. The van der Waals surface area contributed by atoms with Crippen molar-refractivity contribution >= 4 is 40.5 Å². The van der Waals surface area contributed by atoms with Crippen molar-refractivity contribution in [1.82, 2.24) is 0 Å². The first kappa shape index (κ1) is 21.4. The number of nitriles is 1. The smallest absolute Gasteiger partial charge is 0.350 e. The van der Waals surface area contributed by atoms with E-state index in [9.17, 15) is 14.9 Å². The maximum atomic E-state index is 12.8. The van der Waals surface area contributed by atoms with Gasteiger partial charge < -0.3 is 10.1 Å². The maximum Gasteiger partial charge on any atom is 0.350 e. The Morgan fingerprint density at radius 2 is 1.97 bits per heavy atom. The lowest BCUT2D eigenvalue weighted by Gasteiger charge is -2.06. The van der Waals surface area contributed by atoms with E-state index < -0.39 is 5.97 Å². The molecule has 5 nitrogen and oxygen atoms in total. The average Bonchev–Trinajstić information content (AvgIpc) is 3.27. The number of hydrogen-bond donors (Lipinski definition) is 1. The van der Waals surface area contributed by atoms with E-state index in [1.807, 2.05) is 48.5 Å². The first-order valence-corrected chi connectivity index (χ1v) is 10.8. The number of methoxy groups -OCH3 is 1. The number of rotatable bonds is 8. The molecule has 0 saturated carbocycles. The number of carbonyl (C=O) groups excluding carboxylic acids is 2. The molecule has 3 aromatic rings. The van der Waals surface area contributed by atoms with Crippen molar-refractivity contribution in [2.24, 2.45) is 0 Å². The van der Waals surface area contributed by atoms with Crippen LogP contribution in [0.5, 0.6) is 0 Å². The number of Topliss-reactive ketones (excluding diaryl/α,β-unsaturated/α-hetero) is 1. The summed E-state index contributed by atoms with van der Waals surface area (Å²) in [6, 6.07) is 20.9. The zero-order valence-corrected chi connectivity index (χ0v) is 17.8. The summed E-state index contributed by atoms with van der Waals surface area (Å²) in [6.07, 6.45) is 1.32. The molecule has 0 aliphatic heterocycles. The highest BCUT2D eigenvalue weighted by Crippen LogP contribution is 2.25. The van der Waals surface area contributed by atoms with E-state index in [1.165, 1.54) is 24.6 Å². The van der Waals surface area contributed by atoms with Gasteiger partial charge in [-0.25, -0.2) is 4.79 Å². The third-order valence-electron chi connectivity index (χ3n) is 4.11. The van der Waals surface area contributed by atoms with Crippen molar-refractivity contribution in [2.45, 2.75) is 10.6 Å². The zero-order chi connectivity index (χ0) is 21.3. The van der Waals surface area contributed by atoms with Crippen LogP contribution in [0.2, 0.25) is 0 Å². The molecule has 0 atom stereocenters. The monoisotopic (exact) mass is 434 g/mol. The standard InChI is InChI=1S/C23H18N2O3S2/c1-28-23(27)22-20(10-11-29-22)25-14-18(13-24)21(26)17-7-5-6-16(12-17)15-30-19-8-3-2-4-9-19/h2-12,14,25H,15H2,1H3. The van der Waals surface area contributed by atoms with Crippen LogP contribution >= 0.6 is 23.1 Å². The predicted octanol–water partition coefficient (Wildman–Crippen LogP) is 5.53. The van der Waals surface area contributed by atoms with Gasteiger partial charge in [-0.15, -0.1) is 23.1 Å². The molecular weight excluding hydrogens is 416 g/mol. The fourth-order valence-corrected chi connectivity index (χ4v) is 4.25. The second kappa shape index (κ2) is 10.4. The molecule has 0 radical (unpaired) electrons. The Hall–Kier alpha value is -3.34. The summed E-state index contributed by atoms with van der Waals surface area (Å²) in [5, 5.41) is 14.1. The number of nitrogens with one attached hydrogen (secondary N) is 1. The van der Waals surface area contributed by atoms with Gasteiger partial charge in [0.25, 0.3) is 0 Å². The molecule has 0 saturated heterocycles. The van der Waals surface area contributed by atoms with Crippen LogP contribution in [-0.2, 0) is 10.5 Å². The summed E-state index contributed by atoms with van der Waals surface area (Å²) < 4.78 is 4.73. The van der Waals surface area contributed by atoms with Crippen LogP contribution in [0.1, 0.15) is 25.6 Å². The number of carbonyl (C=O) groups is 2. The quantitative estimate of drug-likeness (QED) is 0.165.